The van der Waals surface area contributed by atoms with Crippen LogP contribution in [0.2, 0.25) is 0 Å². The van der Waals surface area contributed by atoms with Gasteiger partial charge in [0.25, 0.3) is 5.69 Å². The van der Waals surface area contributed by atoms with E-state index in [9.17, 15) is 10.1 Å². The normalized spacial score (nSPS) is 11.4. The molecule has 0 spiro atoms. The van der Waals surface area contributed by atoms with E-state index in [1.165, 1.54) is 6.07 Å². The van der Waals surface area contributed by atoms with Crippen LogP contribution >= 0.6 is 0 Å². The lowest BCUT2D eigenvalue weighted by molar-refractivity contribution is -0.511. The van der Waals surface area contributed by atoms with E-state index in [0.29, 0.717) is 28.6 Å². The van der Waals surface area contributed by atoms with Gasteiger partial charge in [-0.15, -0.1) is 0 Å². The van der Waals surface area contributed by atoms with Gasteiger partial charge in [-0.2, -0.15) is 4.40 Å². The van der Waals surface area contributed by atoms with Crippen LogP contribution in [-0.2, 0) is 0 Å². The first-order chi connectivity index (χ1) is 18.0. The number of hydrogen-bond donors (Lipinski definition) is 0. The Kier molecular flexibility index (Phi) is 6.23. The molecular weight excluding hydrogens is 472 g/mol. The fraction of sp³-hybridized carbons (Fsp3) is 0.138. The zero-order valence-electron chi connectivity index (χ0n) is 20.8. The van der Waals surface area contributed by atoms with Crippen LogP contribution < -0.4 is 23.3 Å². The number of ether oxygens (including phenoxy) is 4. The maximum atomic E-state index is 11.3. The van der Waals surface area contributed by atoms with Gasteiger partial charge >= 0.3 is 0 Å². The highest BCUT2D eigenvalue weighted by Crippen LogP contribution is 2.37. The fourth-order valence-electron chi connectivity index (χ4n) is 4.58. The maximum Gasteiger partial charge on any atom is 0.270 e. The van der Waals surface area contributed by atoms with Crippen molar-refractivity contribution in [1.82, 2.24) is 0 Å². The van der Waals surface area contributed by atoms with E-state index in [1.807, 2.05) is 54.7 Å². The molecule has 0 aliphatic heterocycles. The summed E-state index contributed by atoms with van der Waals surface area (Å²) in [7, 11) is 6.43. The van der Waals surface area contributed by atoms with E-state index >= 15 is 0 Å². The molecule has 3 aromatic carbocycles. The van der Waals surface area contributed by atoms with Crippen LogP contribution in [0.15, 0.2) is 66.9 Å². The number of nitro benzene ring substituents is 1. The van der Waals surface area contributed by atoms with Crippen molar-refractivity contribution in [3.05, 3.63) is 88.2 Å². The zero-order chi connectivity index (χ0) is 26.1. The second-order valence-electron chi connectivity index (χ2n) is 8.37. The van der Waals surface area contributed by atoms with Crippen molar-refractivity contribution in [1.29, 1.82) is 0 Å². The summed E-state index contributed by atoms with van der Waals surface area (Å²) in [5.41, 5.74) is 2.57. The summed E-state index contributed by atoms with van der Waals surface area (Å²) >= 11 is 0. The number of pyridine rings is 2. The summed E-state index contributed by atoms with van der Waals surface area (Å²) in [5.74, 6) is 2.50. The van der Waals surface area contributed by atoms with Gasteiger partial charge in [0.15, 0.2) is 29.2 Å². The van der Waals surface area contributed by atoms with Crippen molar-refractivity contribution in [2.75, 3.05) is 28.4 Å². The molecule has 2 aromatic heterocycles. The zero-order valence-corrected chi connectivity index (χ0v) is 20.8. The summed E-state index contributed by atoms with van der Waals surface area (Å²) in [6.07, 6.45) is 5.81. The number of non-ortho nitro benzene ring substituents is 1. The number of nitrogens with zero attached hydrogens (tertiary/aromatic N) is 2. The number of rotatable bonds is 7. The SMILES string of the molecule is COc1cc2cc3c4cc(OC)c(OC)cc4cc[n+]3c(C=Cc3cccc([N+](=O)[O-])c3)c2cc1OC. The average molecular weight is 498 g/mol. The van der Waals surface area contributed by atoms with Crippen LogP contribution in [0.1, 0.15) is 11.3 Å². The van der Waals surface area contributed by atoms with Crippen molar-refractivity contribution in [2.45, 2.75) is 0 Å². The maximum absolute atomic E-state index is 11.3. The smallest absolute Gasteiger partial charge is 0.270 e. The van der Waals surface area contributed by atoms with E-state index in [4.69, 9.17) is 18.9 Å². The molecule has 186 valence electrons. The van der Waals surface area contributed by atoms with Gasteiger partial charge in [-0.1, -0.05) is 12.1 Å². The number of nitro groups is 1. The first kappa shape index (κ1) is 23.9. The standard InChI is InChI=1S/C29H25N2O6/c1-34-26-14-19-10-11-30-24(9-8-18-6-5-7-21(12-18)31(32)33)23-17-29(37-4)27(35-2)15-20(23)13-25(30)22(19)16-28(26)36-3/h5-17H,1-4H3/q+1. The molecule has 8 nitrogen and oxygen atoms in total. The van der Waals surface area contributed by atoms with Crippen molar-refractivity contribution in [3.63, 3.8) is 0 Å². The third-order valence-electron chi connectivity index (χ3n) is 6.39. The van der Waals surface area contributed by atoms with Gasteiger partial charge in [0.2, 0.25) is 11.2 Å². The van der Waals surface area contributed by atoms with Crippen LogP contribution in [0.25, 0.3) is 39.2 Å². The van der Waals surface area contributed by atoms with Crippen molar-refractivity contribution in [3.8, 4) is 23.0 Å². The second kappa shape index (κ2) is 9.66. The molecule has 0 aliphatic carbocycles. The fourth-order valence-corrected chi connectivity index (χ4v) is 4.58. The van der Waals surface area contributed by atoms with E-state index in [2.05, 4.69) is 10.5 Å². The molecule has 2 heterocycles. The highest BCUT2D eigenvalue weighted by Gasteiger charge is 2.20. The van der Waals surface area contributed by atoms with Crippen LogP contribution in [-0.4, -0.2) is 33.4 Å². The van der Waals surface area contributed by atoms with E-state index < -0.39 is 4.92 Å². The lowest BCUT2D eigenvalue weighted by Crippen LogP contribution is -2.26. The molecule has 0 saturated carbocycles. The van der Waals surface area contributed by atoms with Gasteiger partial charge in [-0.25, -0.2) is 0 Å². The topological polar surface area (TPSA) is 84.2 Å². The van der Waals surface area contributed by atoms with Crippen LogP contribution in [0.3, 0.4) is 0 Å². The Labute approximate surface area is 213 Å². The Bertz CT molecular complexity index is 1710. The first-order valence-corrected chi connectivity index (χ1v) is 11.5. The predicted octanol–water partition coefficient (Wildman–Crippen LogP) is 5.84. The summed E-state index contributed by atoms with van der Waals surface area (Å²) in [6.45, 7) is 0. The Morgan fingerprint density at radius 1 is 0.730 bits per heavy atom. The molecule has 0 bridgehead atoms. The molecule has 5 rings (SSSR count). The predicted molar refractivity (Wildman–Crippen MR) is 143 cm³/mol. The molecule has 0 aliphatic rings. The van der Waals surface area contributed by atoms with Gasteiger partial charge in [0, 0.05) is 30.3 Å². The molecule has 0 unspecified atom stereocenters. The largest absolute Gasteiger partial charge is 0.493 e. The summed E-state index contributed by atoms with van der Waals surface area (Å²) in [4.78, 5) is 10.9. The molecule has 0 atom stereocenters. The summed E-state index contributed by atoms with van der Waals surface area (Å²) < 4.78 is 24.3. The van der Waals surface area contributed by atoms with Gasteiger partial charge in [-0.05, 0) is 46.7 Å². The van der Waals surface area contributed by atoms with E-state index in [0.717, 1.165) is 32.8 Å². The quantitative estimate of drug-likeness (QED) is 0.0923. The molecule has 0 saturated heterocycles. The number of fused-ring (bicyclic) bond motifs is 4. The van der Waals surface area contributed by atoms with Crippen LogP contribution in [0.5, 0.6) is 23.0 Å². The highest BCUT2D eigenvalue weighted by molar-refractivity contribution is 6.01. The molecule has 0 fully saturated rings. The number of aromatic nitrogens is 1. The Morgan fingerprint density at radius 3 is 2.00 bits per heavy atom. The molecule has 8 heteroatoms. The average Bonchev–Trinajstić information content (AvgIpc) is 2.93. The molecule has 37 heavy (non-hydrogen) atoms. The highest BCUT2D eigenvalue weighted by atomic mass is 16.6. The molecule has 5 aromatic rings. The van der Waals surface area contributed by atoms with Crippen molar-refractivity contribution < 1.29 is 28.3 Å². The first-order valence-electron chi connectivity index (χ1n) is 11.5. The lowest BCUT2D eigenvalue weighted by Gasteiger charge is -2.12. The van der Waals surface area contributed by atoms with E-state index in [1.54, 1.807) is 40.6 Å². The molecule has 0 amide bonds. The Morgan fingerprint density at radius 2 is 1.35 bits per heavy atom. The van der Waals surface area contributed by atoms with Crippen LogP contribution in [0.4, 0.5) is 5.69 Å². The Balaban J connectivity index is 1.84. The monoisotopic (exact) mass is 497 g/mol. The summed E-state index contributed by atoms with van der Waals surface area (Å²) in [5, 5.41) is 15.1. The lowest BCUT2D eigenvalue weighted by atomic mass is 10.0. The molecule has 0 N–H and O–H groups in total. The van der Waals surface area contributed by atoms with Gasteiger partial charge < -0.3 is 18.9 Å². The number of benzene rings is 3. The minimum atomic E-state index is -0.398. The van der Waals surface area contributed by atoms with Gasteiger partial charge in [-0.3, -0.25) is 10.1 Å². The van der Waals surface area contributed by atoms with Crippen molar-refractivity contribution in [2.24, 2.45) is 0 Å². The van der Waals surface area contributed by atoms with Gasteiger partial charge in [0.05, 0.1) is 44.1 Å². The summed E-state index contributed by atoms with van der Waals surface area (Å²) in [6, 6.07) is 18.4. The second-order valence-corrected chi connectivity index (χ2v) is 8.37. The minimum absolute atomic E-state index is 0.0380. The number of methoxy groups -OCH3 is 4. The third kappa shape index (κ3) is 4.23. The van der Waals surface area contributed by atoms with Crippen LogP contribution in [0, 0.1) is 10.1 Å². The molecule has 0 radical (unpaired) electrons. The van der Waals surface area contributed by atoms with Crippen molar-refractivity contribution >= 4 is 44.9 Å². The minimum Gasteiger partial charge on any atom is -0.493 e. The third-order valence-corrected chi connectivity index (χ3v) is 6.39. The Hall–Kier alpha value is -4.85. The van der Waals surface area contributed by atoms with Gasteiger partial charge in [0.1, 0.15) is 0 Å². The molecular formula is C29H25N2O6+. The number of hydrogen-bond acceptors (Lipinski definition) is 6. The van der Waals surface area contributed by atoms with E-state index in [-0.39, 0.29) is 5.69 Å².